The van der Waals surface area contributed by atoms with Crippen LogP contribution >= 0.6 is 11.3 Å². The van der Waals surface area contributed by atoms with Crippen LogP contribution in [0.15, 0.2) is 77.0 Å². The fraction of sp³-hybridized carbons (Fsp3) is 0.136. The van der Waals surface area contributed by atoms with Crippen LogP contribution in [0.25, 0.3) is 0 Å². The first-order chi connectivity index (χ1) is 15.8. The van der Waals surface area contributed by atoms with Crippen LogP contribution in [0.5, 0.6) is 0 Å². The Hall–Kier alpha value is -3.70. The molecule has 2 aromatic carbocycles. The minimum absolute atomic E-state index is 0.0418. The van der Waals surface area contributed by atoms with Gasteiger partial charge in [0.2, 0.25) is 0 Å². The molecule has 0 aliphatic rings. The van der Waals surface area contributed by atoms with Crippen molar-refractivity contribution >= 4 is 45.0 Å². The topological polar surface area (TPSA) is 131 Å². The Bertz CT molecular complexity index is 1190. The number of carbonyl (C=O) groups excluding carboxylic acids is 3. The lowest BCUT2D eigenvalue weighted by Crippen LogP contribution is -2.42. The van der Waals surface area contributed by atoms with Crippen molar-refractivity contribution < 1.29 is 27.5 Å². The van der Waals surface area contributed by atoms with Gasteiger partial charge in [0.25, 0.3) is 15.9 Å². The Balaban J connectivity index is 1.44. The number of carbonyl (C=O) groups is 3. The van der Waals surface area contributed by atoms with E-state index in [2.05, 4.69) is 15.4 Å². The van der Waals surface area contributed by atoms with Gasteiger partial charge >= 0.3 is 12.0 Å². The van der Waals surface area contributed by atoms with Crippen molar-refractivity contribution in [2.24, 2.45) is 0 Å². The highest BCUT2D eigenvalue weighted by molar-refractivity contribution is 7.92. The zero-order chi connectivity index (χ0) is 23.7. The van der Waals surface area contributed by atoms with Gasteiger partial charge in [-0.25, -0.2) is 18.0 Å². The van der Waals surface area contributed by atoms with Crippen LogP contribution in [-0.2, 0) is 26.0 Å². The number of hydrogen-bond acceptors (Lipinski definition) is 7. The van der Waals surface area contributed by atoms with Gasteiger partial charge in [-0.05, 0) is 54.3 Å². The molecule has 33 heavy (non-hydrogen) atoms. The van der Waals surface area contributed by atoms with Gasteiger partial charge in [0.15, 0.2) is 6.61 Å². The number of anilines is 1. The summed E-state index contributed by atoms with van der Waals surface area (Å²) in [6.07, 6.45) is 0.640. The van der Waals surface area contributed by atoms with Gasteiger partial charge < -0.3 is 10.1 Å². The van der Waals surface area contributed by atoms with Gasteiger partial charge in [-0.1, -0.05) is 24.3 Å². The highest BCUT2D eigenvalue weighted by Crippen LogP contribution is 2.16. The summed E-state index contributed by atoms with van der Waals surface area (Å²) in [4.78, 5) is 36.7. The van der Waals surface area contributed by atoms with E-state index in [0.717, 1.165) is 4.88 Å². The predicted molar refractivity (Wildman–Crippen MR) is 124 cm³/mol. The number of rotatable bonds is 9. The number of urea groups is 1. The second kappa shape index (κ2) is 11.2. The maximum Gasteiger partial charge on any atom is 0.338 e. The standard InChI is InChI=1S/C22H21N3O6S2/c26-20(24-22(28)23-13-12-18-7-4-14-32-18)15-31-21(27)16-8-10-19(11-9-16)33(29,30)25-17-5-2-1-3-6-17/h1-11,14,25H,12-13,15H2,(H2,23,24,26,28). The monoisotopic (exact) mass is 487 g/mol. The van der Waals surface area contributed by atoms with E-state index in [1.807, 2.05) is 17.5 Å². The highest BCUT2D eigenvalue weighted by atomic mass is 32.2. The van der Waals surface area contributed by atoms with Crippen molar-refractivity contribution in [3.63, 3.8) is 0 Å². The molecule has 0 fully saturated rings. The largest absolute Gasteiger partial charge is 0.452 e. The van der Waals surface area contributed by atoms with Crippen molar-refractivity contribution in [3.05, 3.63) is 82.6 Å². The van der Waals surface area contributed by atoms with E-state index in [0.29, 0.717) is 18.7 Å². The first kappa shape index (κ1) is 24.0. The number of para-hydroxylation sites is 1. The van der Waals surface area contributed by atoms with Crippen molar-refractivity contribution in [2.45, 2.75) is 11.3 Å². The van der Waals surface area contributed by atoms with Crippen LogP contribution in [0.4, 0.5) is 10.5 Å². The zero-order valence-corrected chi connectivity index (χ0v) is 18.9. The predicted octanol–water partition coefficient (Wildman–Crippen LogP) is 2.77. The molecular formula is C22H21N3O6S2. The molecule has 3 rings (SSSR count). The fourth-order valence-corrected chi connectivity index (χ4v) is 4.43. The molecule has 3 N–H and O–H groups in total. The lowest BCUT2D eigenvalue weighted by molar-refractivity contribution is -0.123. The summed E-state index contributed by atoms with van der Waals surface area (Å²) in [5, 5.41) is 6.54. The number of thiophene rings is 1. The van der Waals surface area contributed by atoms with Crippen LogP contribution < -0.4 is 15.4 Å². The lowest BCUT2D eigenvalue weighted by atomic mass is 10.2. The molecule has 1 aromatic heterocycles. The molecule has 0 unspecified atom stereocenters. The van der Waals surface area contributed by atoms with Crippen molar-refractivity contribution in [3.8, 4) is 0 Å². The summed E-state index contributed by atoms with van der Waals surface area (Å²) in [7, 11) is -3.83. The molecule has 1 heterocycles. The molecule has 3 aromatic rings. The quantitative estimate of drug-likeness (QED) is 0.398. The average Bonchev–Trinajstić information content (AvgIpc) is 3.31. The van der Waals surface area contributed by atoms with E-state index >= 15 is 0 Å². The molecule has 0 saturated heterocycles. The fourth-order valence-electron chi connectivity index (χ4n) is 2.67. The number of ether oxygens (including phenoxy) is 1. The first-order valence-electron chi connectivity index (χ1n) is 9.78. The molecule has 0 aliphatic heterocycles. The summed E-state index contributed by atoms with van der Waals surface area (Å²) < 4.78 is 32.2. The van der Waals surface area contributed by atoms with E-state index in [9.17, 15) is 22.8 Å². The van der Waals surface area contributed by atoms with E-state index in [4.69, 9.17) is 4.74 Å². The number of sulfonamides is 1. The Morgan fingerprint density at radius 3 is 2.30 bits per heavy atom. The highest BCUT2D eigenvalue weighted by Gasteiger charge is 2.17. The molecule has 0 spiro atoms. The number of benzene rings is 2. The normalized spacial score (nSPS) is 10.8. The van der Waals surface area contributed by atoms with Gasteiger partial charge in [0.05, 0.1) is 10.5 Å². The van der Waals surface area contributed by atoms with Crippen LogP contribution in [0.2, 0.25) is 0 Å². The van der Waals surface area contributed by atoms with Gasteiger partial charge in [-0.15, -0.1) is 11.3 Å². The van der Waals surface area contributed by atoms with Crippen LogP contribution in [0.1, 0.15) is 15.2 Å². The maximum atomic E-state index is 12.4. The molecule has 0 saturated carbocycles. The average molecular weight is 488 g/mol. The molecule has 0 radical (unpaired) electrons. The van der Waals surface area contributed by atoms with Crippen LogP contribution in [-0.4, -0.2) is 39.5 Å². The molecule has 11 heteroatoms. The number of imide groups is 1. The Morgan fingerprint density at radius 1 is 0.909 bits per heavy atom. The summed E-state index contributed by atoms with van der Waals surface area (Å²) in [6.45, 7) is -0.305. The van der Waals surface area contributed by atoms with Crippen molar-refractivity contribution in [1.29, 1.82) is 0 Å². The second-order valence-corrected chi connectivity index (χ2v) is 9.42. The maximum absolute atomic E-state index is 12.4. The summed E-state index contributed by atoms with van der Waals surface area (Å²) in [5.74, 6) is -1.62. The number of nitrogens with one attached hydrogen (secondary N) is 3. The Labute approximate surface area is 194 Å². The van der Waals surface area contributed by atoms with Gasteiger partial charge in [0, 0.05) is 17.1 Å². The molecular weight excluding hydrogens is 466 g/mol. The Kier molecular flexibility index (Phi) is 8.17. The van der Waals surface area contributed by atoms with Crippen LogP contribution in [0, 0.1) is 0 Å². The molecule has 3 amide bonds. The minimum Gasteiger partial charge on any atom is -0.452 e. The van der Waals surface area contributed by atoms with Crippen molar-refractivity contribution in [1.82, 2.24) is 10.6 Å². The van der Waals surface area contributed by atoms with Gasteiger partial charge in [-0.3, -0.25) is 14.8 Å². The number of amides is 3. The zero-order valence-electron chi connectivity index (χ0n) is 17.3. The SMILES string of the molecule is O=C(COC(=O)c1ccc(S(=O)(=O)Nc2ccccc2)cc1)NC(=O)NCCc1cccs1. The smallest absolute Gasteiger partial charge is 0.338 e. The Morgan fingerprint density at radius 2 is 1.64 bits per heavy atom. The number of esters is 1. The molecule has 0 aliphatic carbocycles. The van der Waals surface area contributed by atoms with Gasteiger partial charge in [-0.2, -0.15) is 0 Å². The third-order valence-electron chi connectivity index (χ3n) is 4.25. The second-order valence-electron chi connectivity index (χ2n) is 6.71. The molecule has 0 bridgehead atoms. The van der Waals surface area contributed by atoms with E-state index < -0.39 is 34.5 Å². The summed E-state index contributed by atoms with van der Waals surface area (Å²) in [6, 6.07) is 16.6. The van der Waals surface area contributed by atoms with E-state index in [1.54, 1.807) is 41.7 Å². The third-order valence-corrected chi connectivity index (χ3v) is 6.58. The molecule has 0 atom stereocenters. The first-order valence-corrected chi connectivity index (χ1v) is 12.1. The summed E-state index contributed by atoms with van der Waals surface area (Å²) >= 11 is 1.57. The van der Waals surface area contributed by atoms with Crippen molar-refractivity contribution in [2.75, 3.05) is 17.9 Å². The summed E-state index contributed by atoms with van der Waals surface area (Å²) in [5.41, 5.74) is 0.462. The molecule has 9 nitrogen and oxygen atoms in total. The van der Waals surface area contributed by atoms with Gasteiger partial charge in [0.1, 0.15) is 0 Å². The van der Waals surface area contributed by atoms with Crippen LogP contribution in [0.3, 0.4) is 0 Å². The van der Waals surface area contributed by atoms with E-state index in [1.165, 1.54) is 24.3 Å². The number of hydrogen-bond donors (Lipinski definition) is 3. The lowest BCUT2D eigenvalue weighted by Gasteiger charge is -2.09. The third kappa shape index (κ3) is 7.44. The van der Waals surface area contributed by atoms with E-state index in [-0.39, 0.29) is 10.5 Å². The molecule has 172 valence electrons. The minimum atomic E-state index is -3.83.